The van der Waals surface area contributed by atoms with Crippen LogP contribution in [-0.2, 0) is 0 Å². The molecule has 6 heteroatoms. The maximum atomic E-state index is 12.6. The van der Waals surface area contributed by atoms with Crippen LogP contribution in [0.2, 0.25) is 0 Å². The van der Waals surface area contributed by atoms with Crippen molar-refractivity contribution in [2.75, 3.05) is 11.9 Å². The number of hydrogen-bond acceptors (Lipinski definition) is 5. The van der Waals surface area contributed by atoms with E-state index in [1.54, 1.807) is 42.5 Å². The molecule has 1 heterocycles. The summed E-state index contributed by atoms with van der Waals surface area (Å²) in [5, 5.41) is 12.1. The third-order valence-electron chi connectivity index (χ3n) is 4.50. The third-order valence-corrected chi connectivity index (χ3v) is 4.50. The van der Waals surface area contributed by atoms with Crippen molar-refractivity contribution in [3.05, 3.63) is 70.1 Å². The Labute approximate surface area is 168 Å². The molecule has 3 aromatic rings. The van der Waals surface area contributed by atoms with E-state index in [0.29, 0.717) is 29.0 Å². The molecule has 1 aromatic heterocycles. The van der Waals surface area contributed by atoms with Gasteiger partial charge in [-0.1, -0.05) is 32.3 Å². The number of amides is 1. The first-order chi connectivity index (χ1) is 14.1. The number of anilines is 1. The Balaban J connectivity index is 1.71. The van der Waals surface area contributed by atoms with E-state index in [2.05, 4.69) is 12.2 Å². The van der Waals surface area contributed by atoms with Crippen LogP contribution >= 0.6 is 0 Å². The molecule has 0 aliphatic rings. The van der Waals surface area contributed by atoms with Crippen LogP contribution in [0.4, 0.5) is 5.69 Å². The molecule has 0 unspecified atom stereocenters. The summed E-state index contributed by atoms with van der Waals surface area (Å²) in [5.41, 5.74) is 0.619. The zero-order valence-electron chi connectivity index (χ0n) is 16.2. The SMILES string of the molecule is CCCCCCOc1ccc(C(=O)Nc2cccc3c(=O)cc(C#N)oc23)cc1. The first-order valence-electron chi connectivity index (χ1n) is 9.63. The average molecular weight is 390 g/mol. The minimum atomic E-state index is -0.350. The number of benzene rings is 2. The Morgan fingerprint density at radius 3 is 2.66 bits per heavy atom. The van der Waals surface area contributed by atoms with Gasteiger partial charge in [0.1, 0.15) is 11.8 Å². The first kappa shape index (κ1) is 20.2. The fourth-order valence-electron chi connectivity index (χ4n) is 2.95. The van der Waals surface area contributed by atoms with Gasteiger partial charge in [0.25, 0.3) is 5.91 Å². The number of hydrogen-bond donors (Lipinski definition) is 1. The lowest BCUT2D eigenvalue weighted by Gasteiger charge is -2.09. The summed E-state index contributed by atoms with van der Waals surface area (Å²) in [7, 11) is 0. The van der Waals surface area contributed by atoms with Crippen molar-refractivity contribution in [1.29, 1.82) is 5.26 Å². The van der Waals surface area contributed by atoms with Crippen molar-refractivity contribution in [1.82, 2.24) is 0 Å². The molecule has 3 rings (SSSR count). The molecule has 0 spiro atoms. The molecule has 0 fully saturated rings. The Kier molecular flexibility index (Phi) is 6.64. The summed E-state index contributed by atoms with van der Waals surface area (Å²) in [4.78, 5) is 24.7. The molecule has 1 amide bonds. The van der Waals surface area contributed by atoms with Crippen LogP contribution in [0, 0.1) is 11.3 Å². The molecule has 148 valence electrons. The maximum Gasteiger partial charge on any atom is 0.255 e. The normalized spacial score (nSPS) is 10.5. The quantitative estimate of drug-likeness (QED) is 0.554. The Hall–Kier alpha value is -3.59. The number of nitrogens with zero attached hydrogens (tertiary/aromatic N) is 1. The van der Waals surface area contributed by atoms with Crippen LogP contribution in [-0.4, -0.2) is 12.5 Å². The van der Waals surface area contributed by atoms with Gasteiger partial charge >= 0.3 is 0 Å². The molecule has 0 aliphatic heterocycles. The number of ether oxygens (including phenoxy) is 1. The van der Waals surface area contributed by atoms with Crippen molar-refractivity contribution in [3.63, 3.8) is 0 Å². The fourth-order valence-corrected chi connectivity index (χ4v) is 2.95. The second-order valence-corrected chi connectivity index (χ2v) is 6.66. The van der Waals surface area contributed by atoms with Gasteiger partial charge in [-0.15, -0.1) is 0 Å². The largest absolute Gasteiger partial charge is 0.494 e. The molecule has 1 N–H and O–H groups in total. The molecule has 2 aromatic carbocycles. The average Bonchev–Trinajstić information content (AvgIpc) is 2.74. The van der Waals surface area contributed by atoms with E-state index in [1.165, 1.54) is 12.8 Å². The Bertz CT molecular complexity index is 1090. The Morgan fingerprint density at radius 1 is 1.14 bits per heavy atom. The minimum absolute atomic E-state index is 0.107. The zero-order valence-corrected chi connectivity index (χ0v) is 16.2. The van der Waals surface area contributed by atoms with Crippen LogP contribution in [0.5, 0.6) is 5.75 Å². The van der Waals surface area contributed by atoms with Gasteiger partial charge in [0.2, 0.25) is 5.76 Å². The van der Waals surface area contributed by atoms with Gasteiger partial charge in [-0.2, -0.15) is 5.26 Å². The van der Waals surface area contributed by atoms with E-state index in [0.717, 1.165) is 18.9 Å². The third kappa shape index (κ3) is 5.02. The van der Waals surface area contributed by atoms with Crippen LogP contribution in [0.15, 0.2) is 57.7 Å². The number of para-hydroxylation sites is 1. The van der Waals surface area contributed by atoms with Gasteiger partial charge in [0, 0.05) is 11.6 Å². The van der Waals surface area contributed by atoms with Gasteiger partial charge in [-0.3, -0.25) is 9.59 Å². The molecular weight excluding hydrogens is 368 g/mol. The van der Waals surface area contributed by atoms with Gasteiger partial charge in [-0.05, 0) is 42.8 Å². The van der Waals surface area contributed by atoms with Crippen molar-refractivity contribution in [3.8, 4) is 11.8 Å². The molecule has 0 aliphatic carbocycles. The number of nitriles is 1. The standard InChI is InChI=1S/C23H22N2O4/c1-2-3-4-5-13-28-17-11-9-16(10-12-17)23(27)25-20-8-6-7-19-21(26)14-18(15-24)29-22(19)20/h6-12,14H,2-5,13H2,1H3,(H,25,27). The molecular formula is C23H22N2O4. The number of unbranched alkanes of at least 4 members (excludes halogenated alkanes) is 3. The van der Waals surface area contributed by atoms with Crippen LogP contribution in [0.1, 0.15) is 48.7 Å². The van der Waals surface area contributed by atoms with E-state index in [1.807, 2.05) is 6.07 Å². The summed E-state index contributed by atoms with van der Waals surface area (Å²) in [6.07, 6.45) is 4.53. The zero-order chi connectivity index (χ0) is 20.6. The molecule has 6 nitrogen and oxygen atoms in total. The molecule has 0 saturated carbocycles. The molecule has 0 saturated heterocycles. The summed E-state index contributed by atoms with van der Waals surface area (Å²) < 4.78 is 11.1. The van der Waals surface area contributed by atoms with E-state index < -0.39 is 0 Å². The summed E-state index contributed by atoms with van der Waals surface area (Å²) in [5.74, 6) is 0.259. The van der Waals surface area contributed by atoms with Gasteiger partial charge in [0.15, 0.2) is 11.0 Å². The predicted octanol–water partition coefficient (Wildman–Crippen LogP) is 4.88. The molecule has 29 heavy (non-hydrogen) atoms. The highest BCUT2D eigenvalue weighted by Gasteiger charge is 2.13. The lowest BCUT2D eigenvalue weighted by molar-refractivity contribution is 0.102. The molecule has 0 radical (unpaired) electrons. The number of nitrogens with one attached hydrogen (secondary N) is 1. The monoisotopic (exact) mass is 390 g/mol. The minimum Gasteiger partial charge on any atom is -0.494 e. The molecule has 0 atom stereocenters. The van der Waals surface area contributed by atoms with Crippen molar-refractivity contribution in [2.24, 2.45) is 0 Å². The van der Waals surface area contributed by atoms with Crippen molar-refractivity contribution >= 4 is 22.6 Å². The highest BCUT2D eigenvalue weighted by Crippen LogP contribution is 2.23. The van der Waals surface area contributed by atoms with Crippen molar-refractivity contribution < 1.29 is 13.9 Å². The van der Waals surface area contributed by atoms with Crippen LogP contribution in [0.25, 0.3) is 11.0 Å². The number of carbonyl (C=O) groups is 1. The fraction of sp³-hybridized carbons (Fsp3) is 0.261. The summed E-state index contributed by atoms with van der Waals surface area (Å²) in [6, 6.07) is 14.7. The van der Waals surface area contributed by atoms with Crippen molar-refractivity contribution in [2.45, 2.75) is 32.6 Å². The van der Waals surface area contributed by atoms with Crippen LogP contribution < -0.4 is 15.5 Å². The number of rotatable bonds is 8. The second kappa shape index (κ2) is 9.56. The highest BCUT2D eigenvalue weighted by molar-refractivity contribution is 6.07. The van der Waals surface area contributed by atoms with E-state index in [9.17, 15) is 9.59 Å². The second-order valence-electron chi connectivity index (χ2n) is 6.66. The van der Waals surface area contributed by atoms with E-state index in [4.69, 9.17) is 14.4 Å². The van der Waals surface area contributed by atoms with Gasteiger partial charge in [-0.25, -0.2) is 0 Å². The smallest absolute Gasteiger partial charge is 0.255 e. The summed E-state index contributed by atoms with van der Waals surface area (Å²) in [6.45, 7) is 2.82. The lowest BCUT2D eigenvalue weighted by atomic mass is 10.1. The lowest BCUT2D eigenvalue weighted by Crippen LogP contribution is -2.13. The maximum absolute atomic E-state index is 12.6. The topological polar surface area (TPSA) is 92.3 Å². The van der Waals surface area contributed by atoms with Crippen LogP contribution in [0.3, 0.4) is 0 Å². The van der Waals surface area contributed by atoms with E-state index >= 15 is 0 Å². The highest BCUT2D eigenvalue weighted by atomic mass is 16.5. The van der Waals surface area contributed by atoms with E-state index in [-0.39, 0.29) is 22.7 Å². The first-order valence-corrected chi connectivity index (χ1v) is 9.63. The summed E-state index contributed by atoms with van der Waals surface area (Å²) >= 11 is 0. The number of fused-ring (bicyclic) bond motifs is 1. The molecule has 0 bridgehead atoms. The predicted molar refractivity (Wildman–Crippen MR) is 111 cm³/mol. The Morgan fingerprint density at radius 2 is 1.93 bits per heavy atom. The van der Waals surface area contributed by atoms with Gasteiger partial charge < -0.3 is 14.5 Å². The number of carbonyl (C=O) groups excluding carboxylic acids is 1. The van der Waals surface area contributed by atoms with Gasteiger partial charge in [0.05, 0.1) is 17.7 Å².